The normalized spacial score (nSPS) is 17.1. The van der Waals surface area contributed by atoms with Crippen molar-refractivity contribution in [3.63, 3.8) is 0 Å². The predicted octanol–water partition coefficient (Wildman–Crippen LogP) is -0.639. The lowest BCUT2D eigenvalue weighted by atomic mass is 9.96. The van der Waals surface area contributed by atoms with E-state index in [4.69, 9.17) is 0 Å². The minimum atomic E-state index is -0.539. The van der Waals surface area contributed by atoms with Crippen LogP contribution < -0.4 is 21.9 Å². The smallest absolute Gasteiger partial charge is 0.332 e. The van der Waals surface area contributed by atoms with Gasteiger partial charge in [0, 0.05) is 20.6 Å². The highest BCUT2D eigenvalue weighted by molar-refractivity contribution is 5.85. The van der Waals surface area contributed by atoms with E-state index >= 15 is 0 Å². The van der Waals surface area contributed by atoms with Gasteiger partial charge in [-0.15, -0.1) is 12.4 Å². The van der Waals surface area contributed by atoms with E-state index in [-0.39, 0.29) is 24.9 Å². The van der Waals surface area contributed by atoms with Crippen LogP contribution in [0.15, 0.2) is 15.9 Å². The van der Waals surface area contributed by atoms with Crippen molar-refractivity contribution < 1.29 is 4.79 Å². The molecule has 3 rings (SSSR count). The van der Waals surface area contributed by atoms with Crippen molar-refractivity contribution in [2.75, 3.05) is 19.6 Å². The van der Waals surface area contributed by atoms with Crippen LogP contribution in [0, 0.1) is 5.92 Å². The first kappa shape index (κ1) is 20.2. The Hall–Kier alpha value is -2.13. The van der Waals surface area contributed by atoms with Crippen LogP contribution in [0.2, 0.25) is 0 Å². The second kappa shape index (κ2) is 8.50. The quantitative estimate of drug-likeness (QED) is 0.714. The molecular formula is C16H25ClN6O3. The molecule has 0 spiro atoms. The molecule has 1 atom stereocenters. The number of piperidine rings is 1. The summed E-state index contributed by atoms with van der Waals surface area (Å²) in [6.07, 6.45) is 4.70. The largest absolute Gasteiger partial charge is 0.355 e. The van der Waals surface area contributed by atoms with Gasteiger partial charge >= 0.3 is 5.69 Å². The van der Waals surface area contributed by atoms with Gasteiger partial charge in [0.2, 0.25) is 5.91 Å². The molecule has 1 aliphatic rings. The zero-order chi connectivity index (χ0) is 18.0. The second-order valence-corrected chi connectivity index (χ2v) is 6.61. The number of rotatable bonds is 5. The van der Waals surface area contributed by atoms with Crippen LogP contribution in [0.5, 0.6) is 0 Å². The first-order valence-corrected chi connectivity index (χ1v) is 8.57. The molecule has 144 valence electrons. The highest BCUT2D eigenvalue weighted by Gasteiger charge is 2.17. The molecule has 10 heteroatoms. The molecule has 0 bridgehead atoms. The third-order valence-electron chi connectivity index (χ3n) is 4.78. The standard InChI is InChI=1S/C16H24N6O3.ClH/c1-20-10-19-14-13(20)15(24)22(16(25)21(14)2)9-12(23)18-7-5-11-4-3-6-17-8-11;/h10-11,17H,3-9H2,1-2H3,(H,18,23);1H. The highest BCUT2D eigenvalue weighted by Crippen LogP contribution is 2.12. The average molecular weight is 385 g/mol. The zero-order valence-corrected chi connectivity index (χ0v) is 15.8. The van der Waals surface area contributed by atoms with E-state index in [2.05, 4.69) is 15.6 Å². The first-order valence-electron chi connectivity index (χ1n) is 8.57. The number of carbonyl (C=O) groups excluding carboxylic acids is 1. The van der Waals surface area contributed by atoms with Gasteiger partial charge in [0.1, 0.15) is 6.54 Å². The van der Waals surface area contributed by atoms with Crippen molar-refractivity contribution in [1.82, 2.24) is 29.3 Å². The Bertz CT molecular complexity index is 894. The predicted molar refractivity (Wildman–Crippen MR) is 101 cm³/mol. The molecule has 2 aromatic heterocycles. The van der Waals surface area contributed by atoms with Gasteiger partial charge < -0.3 is 15.2 Å². The van der Waals surface area contributed by atoms with Gasteiger partial charge in [-0.25, -0.2) is 14.3 Å². The number of imidazole rings is 1. The van der Waals surface area contributed by atoms with Crippen molar-refractivity contribution in [2.45, 2.75) is 25.8 Å². The zero-order valence-electron chi connectivity index (χ0n) is 15.0. The number of aromatic nitrogens is 4. The lowest BCUT2D eigenvalue weighted by molar-refractivity contribution is -0.121. The maximum Gasteiger partial charge on any atom is 0.332 e. The van der Waals surface area contributed by atoms with Gasteiger partial charge in [-0.2, -0.15) is 0 Å². The summed E-state index contributed by atoms with van der Waals surface area (Å²) < 4.78 is 3.81. The fraction of sp³-hybridized carbons (Fsp3) is 0.625. The highest BCUT2D eigenvalue weighted by atomic mass is 35.5. The lowest BCUT2D eigenvalue weighted by Crippen LogP contribution is -2.44. The summed E-state index contributed by atoms with van der Waals surface area (Å²) in [6.45, 7) is 2.31. The van der Waals surface area contributed by atoms with Crippen LogP contribution in [-0.4, -0.2) is 44.2 Å². The van der Waals surface area contributed by atoms with Gasteiger partial charge in [-0.05, 0) is 38.3 Å². The van der Waals surface area contributed by atoms with E-state index < -0.39 is 11.2 Å². The molecule has 0 aliphatic carbocycles. The molecule has 2 N–H and O–H groups in total. The molecule has 0 saturated carbocycles. The van der Waals surface area contributed by atoms with Crippen LogP contribution in [0.25, 0.3) is 11.2 Å². The fourth-order valence-corrected chi connectivity index (χ4v) is 3.32. The Morgan fingerprint density at radius 2 is 2.15 bits per heavy atom. The molecular weight excluding hydrogens is 360 g/mol. The first-order chi connectivity index (χ1) is 12.0. The van der Waals surface area contributed by atoms with Crippen molar-refractivity contribution in [1.29, 1.82) is 0 Å². The lowest BCUT2D eigenvalue weighted by Gasteiger charge is -2.22. The summed E-state index contributed by atoms with van der Waals surface area (Å²) in [6, 6.07) is 0. The third kappa shape index (κ3) is 3.99. The second-order valence-electron chi connectivity index (χ2n) is 6.61. The maximum atomic E-state index is 12.5. The Kier molecular flexibility index (Phi) is 6.60. The Labute approximate surface area is 156 Å². The molecule has 1 unspecified atom stereocenters. The van der Waals surface area contributed by atoms with Gasteiger partial charge in [0.15, 0.2) is 11.2 Å². The number of hydrogen-bond donors (Lipinski definition) is 2. The Morgan fingerprint density at radius 1 is 1.38 bits per heavy atom. The van der Waals surface area contributed by atoms with Crippen LogP contribution in [0.1, 0.15) is 19.3 Å². The van der Waals surface area contributed by atoms with Crippen LogP contribution in [0.3, 0.4) is 0 Å². The van der Waals surface area contributed by atoms with E-state index in [9.17, 15) is 14.4 Å². The molecule has 1 saturated heterocycles. The summed E-state index contributed by atoms with van der Waals surface area (Å²) in [7, 11) is 3.23. The number of halogens is 1. The van der Waals surface area contributed by atoms with Gasteiger partial charge in [-0.1, -0.05) is 0 Å². The van der Waals surface area contributed by atoms with Crippen molar-refractivity contribution >= 4 is 29.5 Å². The molecule has 2 aromatic rings. The summed E-state index contributed by atoms with van der Waals surface area (Å²) >= 11 is 0. The molecule has 3 heterocycles. The minimum Gasteiger partial charge on any atom is -0.355 e. The summed E-state index contributed by atoms with van der Waals surface area (Å²) in [4.78, 5) is 41.1. The van der Waals surface area contributed by atoms with Gasteiger partial charge in [0.25, 0.3) is 5.56 Å². The third-order valence-corrected chi connectivity index (χ3v) is 4.78. The Morgan fingerprint density at radius 3 is 2.85 bits per heavy atom. The number of nitrogens with zero attached hydrogens (tertiary/aromatic N) is 4. The van der Waals surface area contributed by atoms with E-state index in [0.717, 1.165) is 30.5 Å². The molecule has 1 amide bonds. The topological polar surface area (TPSA) is 103 Å². The molecule has 9 nitrogen and oxygen atoms in total. The van der Waals surface area contributed by atoms with Crippen molar-refractivity contribution in [3.8, 4) is 0 Å². The number of fused-ring (bicyclic) bond motifs is 1. The molecule has 0 radical (unpaired) electrons. The minimum absolute atomic E-state index is 0. The molecule has 0 aromatic carbocycles. The van der Waals surface area contributed by atoms with Crippen LogP contribution in [-0.2, 0) is 25.4 Å². The monoisotopic (exact) mass is 384 g/mol. The van der Waals surface area contributed by atoms with E-state index in [1.54, 1.807) is 18.7 Å². The Balaban J connectivity index is 0.00000243. The molecule has 1 aliphatic heterocycles. The van der Waals surface area contributed by atoms with E-state index in [1.165, 1.54) is 17.3 Å². The number of nitrogens with one attached hydrogen (secondary N) is 2. The number of carbonyl (C=O) groups is 1. The van der Waals surface area contributed by atoms with E-state index in [1.807, 2.05) is 0 Å². The number of hydrogen-bond acceptors (Lipinski definition) is 5. The average Bonchev–Trinajstić information content (AvgIpc) is 3.00. The number of aryl methyl sites for hydroxylation is 2. The summed E-state index contributed by atoms with van der Waals surface area (Å²) in [5, 5.41) is 6.16. The van der Waals surface area contributed by atoms with Gasteiger partial charge in [-0.3, -0.25) is 14.2 Å². The molecule has 1 fully saturated rings. The van der Waals surface area contributed by atoms with E-state index in [0.29, 0.717) is 23.6 Å². The van der Waals surface area contributed by atoms with Crippen molar-refractivity contribution in [2.24, 2.45) is 20.0 Å². The van der Waals surface area contributed by atoms with Crippen molar-refractivity contribution in [3.05, 3.63) is 27.2 Å². The SMILES string of the molecule is Cl.Cn1cnc2c1c(=O)n(CC(=O)NCCC1CCCNC1)c(=O)n2C. The van der Waals surface area contributed by atoms with Crippen LogP contribution in [0.4, 0.5) is 0 Å². The molecule has 26 heavy (non-hydrogen) atoms. The fourth-order valence-electron chi connectivity index (χ4n) is 3.32. The van der Waals surface area contributed by atoms with Crippen LogP contribution >= 0.6 is 12.4 Å². The number of amides is 1. The summed E-state index contributed by atoms with van der Waals surface area (Å²) in [5.74, 6) is 0.236. The maximum absolute atomic E-state index is 12.5. The van der Waals surface area contributed by atoms with Gasteiger partial charge in [0.05, 0.1) is 6.33 Å². The summed E-state index contributed by atoms with van der Waals surface area (Å²) in [5.41, 5.74) is -0.408.